The standard InChI is InChI=1S/C8H10O6/c9-5(2-1-3-7(11)12)4-6(10)8(13)14/h4,10H,1-3H2,(H,11,12)(H,13,14)/b6-4-. The molecule has 0 aliphatic rings. The molecule has 0 atom stereocenters. The number of allylic oxidation sites excluding steroid dienone is 1. The molecule has 0 heterocycles. The Bertz CT molecular complexity index is 278. The molecule has 0 aromatic rings. The fourth-order valence-electron chi connectivity index (χ4n) is 0.700. The first-order chi connectivity index (χ1) is 6.43. The van der Waals surface area contributed by atoms with Gasteiger partial charge in [0.25, 0.3) is 0 Å². The molecule has 0 rings (SSSR count). The fourth-order valence-corrected chi connectivity index (χ4v) is 0.700. The number of carboxylic acids is 2. The number of rotatable bonds is 6. The molecule has 14 heavy (non-hydrogen) atoms. The Balaban J connectivity index is 3.93. The van der Waals surface area contributed by atoms with Crippen molar-refractivity contribution in [2.45, 2.75) is 19.3 Å². The summed E-state index contributed by atoms with van der Waals surface area (Å²) in [6.07, 6.45) is 0.443. The number of carbonyl (C=O) groups excluding carboxylic acids is 1. The summed E-state index contributed by atoms with van der Waals surface area (Å²) in [7, 11) is 0. The third-order valence-electron chi connectivity index (χ3n) is 1.33. The number of carboxylic acid groups (broad SMARTS) is 2. The van der Waals surface area contributed by atoms with Crippen LogP contribution in [0.25, 0.3) is 0 Å². The van der Waals surface area contributed by atoms with Crippen molar-refractivity contribution in [3.63, 3.8) is 0 Å². The van der Waals surface area contributed by atoms with Crippen LogP contribution in [0.15, 0.2) is 11.8 Å². The maximum Gasteiger partial charge on any atom is 0.371 e. The minimum absolute atomic E-state index is 0.0936. The summed E-state index contributed by atoms with van der Waals surface area (Å²) in [6, 6.07) is 0. The Morgan fingerprint density at radius 2 is 1.57 bits per heavy atom. The summed E-state index contributed by atoms with van der Waals surface area (Å²) in [4.78, 5) is 30.9. The lowest BCUT2D eigenvalue weighted by atomic mass is 10.1. The molecule has 0 radical (unpaired) electrons. The van der Waals surface area contributed by atoms with Crippen LogP contribution >= 0.6 is 0 Å². The fraction of sp³-hybridized carbons (Fsp3) is 0.375. The maximum absolute atomic E-state index is 10.8. The van der Waals surface area contributed by atoms with Gasteiger partial charge in [0, 0.05) is 18.9 Å². The zero-order valence-electron chi connectivity index (χ0n) is 7.27. The zero-order chi connectivity index (χ0) is 11.1. The van der Waals surface area contributed by atoms with Gasteiger partial charge in [0.2, 0.25) is 5.76 Å². The summed E-state index contributed by atoms with van der Waals surface area (Å²) < 4.78 is 0. The molecule has 0 saturated heterocycles. The lowest BCUT2D eigenvalue weighted by molar-refractivity contribution is -0.137. The van der Waals surface area contributed by atoms with E-state index in [2.05, 4.69) is 0 Å². The molecule has 6 nitrogen and oxygen atoms in total. The van der Waals surface area contributed by atoms with Gasteiger partial charge < -0.3 is 15.3 Å². The summed E-state index contributed by atoms with van der Waals surface area (Å²) >= 11 is 0. The van der Waals surface area contributed by atoms with E-state index in [0.29, 0.717) is 6.08 Å². The van der Waals surface area contributed by atoms with Gasteiger partial charge in [-0.15, -0.1) is 0 Å². The number of aliphatic carboxylic acids is 2. The van der Waals surface area contributed by atoms with Gasteiger partial charge in [0.1, 0.15) is 0 Å². The Kier molecular flexibility index (Phi) is 4.98. The van der Waals surface area contributed by atoms with E-state index in [9.17, 15) is 14.4 Å². The highest BCUT2D eigenvalue weighted by atomic mass is 16.4. The van der Waals surface area contributed by atoms with E-state index in [4.69, 9.17) is 15.3 Å². The van der Waals surface area contributed by atoms with Gasteiger partial charge in [0.15, 0.2) is 5.78 Å². The van der Waals surface area contributed by atoms with E-state index in [1.165, 1.54) is 0 Å². The SMILES string of the molecule is O=C(O)CCCC(=O)/C=C(\O)C(=O)O. The molecule has 0 unspecified atom stereocenters. The number of hydrogen-bond acceptors (Lipinski definition) is 4. The normalized spacial score (nSPS) is 11.0. The van der Waals surface area contributed by atoms with E-state index in [1.807, 2.05) is 0 Å². The molecule has 0 spiro atoms. The van der Waals surface area contributed by atoms with E-state index in [1.54, 1.807) is 0 Å². The first kappa shape index (κ1) is 12.2. The van der Waals surface area contributed by atoms with Gasteiger partial charge in [-0.25, -0.2) is 4.79 Å². The van der Waals surface area contributed by atoms with Crippen molar-refractivity contribution in [3.8, 4) is 0 Å². The summed E-state index contributed by atoms with van der Waals surface area (Å²) in [5.41, 5.74) is 0. The highest BCUT2D eigenvalue weighted by Crippen LogP contribution is 1.99. The van der Waals surface area contributed by atoms with Gasteiger partial charge >= 0.3 is 11.9 Å². The van der Waals surface area contributed by atoms with Crippen LogP contribution in [0.1, 0.15) is 19.3 Å². The second-order valence-corrected chi connectivity index (χ2v) is 2.55. The first-order valence-electron chi connectivity index (χ1n) is 3.82. The largest absolute Gasteiger partial charge is 0.502 e. The van der Waals surface area contributed by atoms with E-state index in [-0.39, 0.29) is 19.3 Å². The van der Waals surface area contributed by atoms with Crippen molar-refractivity contribution in [1.82, 2.24) is 0 Å². The van der Waals surface area contributed by atoms with Crippen LogP contribution in [-0.4, -0.2) is 33.0 Å². The molecule has 0 aliphatic heterocycles. The Morgan fingerprint density at radius 3 is 2.00 bits per heavy atom. The van der Waals surface area contributed by atoms with Crippen molar-refractivity contribution in [3.05, 3.63) is 11.8 Å². The van der Waals surface area contributed by atoms with Gasteiger partial charge in [-0.05, 0) is 6.42 Å². The molecule has 0 saturated carbocycles. The quantitative estimate of drug-likeness (QED) is 0.423. The molecule has 0 amide bonds. The van der Waals surface area contributed by atoms with Crippen LogP contribution in [0.5, 0.6) is 0 Å². The van der Waals surface area contributed by atoms with Gasteiger partial charge in [-0.3, -0.25) is 9.59 Å². The third-order valence-corrected chi connectivity index (χ3v) is 1.33. The van der Waals surface area contributed by atoms with E-state index >= 15 is 0 Å². The molecule has 0 fully saturated rings. The van der Waals surface area contributed by atoms with Gasteiger partial charge in [-0.2, -0.15) is 0 Å². The predicted octanol–water partition coefficient (Wildman–Crippen LogP) is 0.337. The van der Waals surface area contributed by atoms with E-state index < -0.39 is 23.5 Å². The summed E-state index contributed by atoms with van der Waals surface area (Å²) in [5.74, 6) is -4.25. The minimum atomic E-state index is -1.59. The maximum atomic E-state index is 10.8. The lowest BCUT2D eigenvalue weighted by Gasteiger charge is -1.94. The summed E-state index contributed by atoms with van der Waals surface area (Å²) in [5, 5.41) is 25.0. The average Bonchev–Trinajstić information content (AvgIpc) is 2.02. The zero-order valence-corrected chi connectivity index (χ0v) is 7.27. The Hall–Kier alpha value is -1.85. The van der Waals surface area contributed by atoms with Crippen molar-refractivity contribution in [1.29, 1.82) is 0 Å². The molecule has 0 aromatic heterocycles. The number of aliphatic hydroxyl groups is 1. The van der Waals surface area contributed by atoms with Crippen molar-refractivity contribution in [2.24, 2.45) is 0 Å². The number of carbonyl (C=O) groups is 3. The predicted molar refractivity (Wildman–Crippen MR) is 44.8 cm³/mol. The van der Waals surface area contributed by atoms with Crippen LogP contribution in [0.4, 0.5) is 0 Å². The molecule has 0 bridgehead atoms. The third kappa shape index (κ3) is 5.76. The smallest absolute Gasteiger partial charge is 0.371 e. The monoisotopic (exact) mass is 202 g/mol. The molecular formula is C8H10O6. The summed E-state index contributed by atoms with van der Waals surface area (Å²) in [6.45, 7) is 0. The molecule has 0 aromatic carbocycles. The average molecular weight is 202 g/mol. The number of ketones is 1. The topological polar surface area (TPSA) is 112 Å². The second kappa shape index (κ2) is 5.74. The van der Waals surface area contributed by atoms with Crippen molar-refractivity contribution >= 4 is 17.7 Å². The second-order valence-electron chi connectivity index (χ2n) is 2.55. The lowest BCUT2D eigenvalue weighted by Crippen LogP contribution is -2.04. The first-order valence-corrected chi connectivity index (χ1v) is 3.82. The van der Waals surface area contributed by atoms with Crippen LogP contribution < -0.4 is 0 Å². The molecule has 0 aliphatic carbocycles. The van der Waals surface area contributed by atoms with Crippen LogP contribution in [0.2, 0.25) is 0 Å². The highest BCUT2D eigenvalue weighted by molar-refractivity contribution is 5.97. The van der Waals surface area contributed by atoms with Gasteiger partial charge in [0.05, 0.1) is 0 Å². The number of hydrogen-bond donors (Lipinski definition) is 3. The van der Waals surface area contributed by atoms with Crippen molar-refractivity contribution < 1.29 is 29.7 Å². The van der Waals surface area contributed by atoms with Crippen LogP contribution in [0, 0.1) is 0 Å². The number of aliphatic hydroxyl groups excluding tert-OH is 1. The Labute approximate surface area is 79.5 Å². The molecule has 6 heteroatoms. The van der Waals surface area contributed by atoms with Crippen molar-refractivity contribution in [2.75, 3.05) is 0 Å². The minimum Gasteiger partial charge on any atom is -0.502 e. The van der Waals surface area contributed by atoms with E-state index in [0.717, 1.165) is 0 Å². The van der Waals surface area contributed by atoms with Crippen LogP contribution in [-0.2, 0) is 14.4 Å². The van der Waals surface area contributed by atoms with Gasteiger partial charge in [-0.1, -0.05) is 0 Å². The molecule has 78 valence electrons. The molecular weight excluding hydrogens is 192 g/mol. The highest BCUT2D eigenvalue weighted by Gasteiger charge is 2.07. The van der Waals surface area contributed by atoms with Crippen LogP contribution in [0.3, 0.4) is 0 Å². The molecule has 3 N–H and O–H groups in total. The Morgan fingerprint density at radius 1 is 1.00 bits per heavy atom.